The van der Waals surface area contributed by atoms with Crippen LogP contribution in [0.4, 0.5) is 5.69 Å². The van der Waals surface area contributed by atoms with Crippen LogP contribution >= 0.6 is 11.6 Å². The third-order valence-corrected chi connectivity index (χ3v) is 3.38. The summed E-state index contributed by atoms with van der Waals surface area (Å²) in [4.78, 5) is 23.5. The second kappa shape index (κ2) is 7.42. The average molecular weight is 332 g/mol. The van der Waals surface area contributed by atoms with E-state index in [-0.39, 0.29) is 5.75 Å². The van der Waals surface area contributed by atoms with Crippen molar-refractivity contribution in [2.75, 3.05) is 5.32 Å². The van der Waals surface area contributed by atoms with Gasteiger partial charge in [0.05, 0.1) is 6.21 Å². The summed E-state index contributed by atoms with van der Waals surface area (Å²) in [5.74, 6) is -1.70. The van der Waals surface area contributed by atoms with Crippen molar-refractivity contribution in [2.45, 2.75) is 6.92 Å². The summed E-state index contributed by atoms with van der Waals surface area (Å²) in [6.45, 7) is 1.73. The maximum absolute atomic E-state index is 11.8. The molecule has 0 aliphatic carbocycles. The minimum absolute atomic E-state index is 0.0782. The summed E-state index contributed by atoms with van der Waals surface area (Å²) in [5.41, 5.74) is 3.81. The van der Waals surface area contributed by atoms with Crippen LogP contribution in [0.2, 0.25) is 5.02 Å². The van der Waals surface area contributed by atoms with Gasteiger partial charge >= 0.3 is 11.8 Å². The van der Waals surface area contributed by atoms with Gasteiger partial charge in [0.2, 0.25) is 0 Å². The van der Waals surface area contributed by atoms with Gasteiger partial charge < -0.3 is 10.4 Å². The summed E-state index contributed by atoms with van der Waals surface area (Å²) < 4.78 is 0. The van der Waals surface area contributed by atoms with E-state index in [1.165, 1.54) is 18.3 Å². The molecule has 0 unspecified atom stereocenters. The molecule has 2 aromatic rings. The number of nitrogens with one attached hydrogen (secondary N) is 2. The Morgan fingerprint density at radius 2 is 1.91 bits per heavy atom. The molecule has 0 aliphatic heterocycles. The fourth-order valence-corrected chi connectivity index (χ4v) is 1.92. The molecule has 0 saturated carbocycles. The Hall–Kier alpha value is -2.86. The molecule has 0 radical (unpaired) electrons. The van der Waals surface area contributed by atoms with Gasteiger partial charge in [-0.1, -0.05) is 29.8 Å². The zero-order valence-electron chi connectivity index (χ0n) is 12.2. The SMILES string of the molecule is Cc1c(Cl)cccc1NC(=O)C(=O)N/N=C/c1cccc(O)c1. The molecule has 0 heterocycles. The smallest absolute Gasteiger partial charge is 0.329 e. The highest BCUT2D eigenvalue weighted by molar-refractivity contribution is 6.40. The number of amides is 2. The van der Waals surface area contributed by atoms with E-state index in [0.29, 0.717) is 21.8 Å². The van der Waals surface area contributed by atoms with Gasteiger partial charge in [-0.3, -0.25) is 9.59 Å². The number of phenolic OH excluding ortho intramolecular Hbond substituents is 1. The predicted octanol–water partition coefficient (Wildman–Crippen LogP) is 2.44. The number of anilines is 1. The van der Waals surface area contributed by atoms with Crippen molar-refractivity contribution in [3.05, 3.63) is 58.6 Å². The fraction of sp³-hybridized carbons (Fsp3) is 0.0625. The zero-order valence-corrected chi connectivity index (χ0v) is 13.0. The van der Waals surface area contributed by atoms with E-state index in [9.17, 15) is 14.7 Å². The van der Waals surface area contributed by atoms with Crippen molar-refractivity contribution >= 4 is 35.3 Å². The van der Waals surface area contributed by atoms with E-state index in [1.807, 2.05) is 0 Å². The first kappa shape index (κ1) is 16.5. The van der Waals surface area contributed by atoms with Gasteiger partial charge in [-0.25, -0.2) is 5.43 Å². The van der Waals surface area contributed by atoms with Gasteiger partial charge in [-0.2, -0.15) is 5.10 Å². The summed E-state index contributed by atoms with van der Waals surface area (Å²) in [6, 6.07) is 11.3. The molecular weight excluding hydrogens is 318 g/mol. The van der Waals surface area contributed by atoms with Crippen LogP contribution in [0, 0.1) is 6.92 Å². The number of hydrazone groups is 1. The number of hydrogen-bond acceptors (Lipinski definition) is 4. The number of aromatic hydroxyl groups is 1. The summed E-state index contributed by atoms with van der Waals surface area (Å²) in [6.07, 6.45) is 1.32. The molecule has 118 valence electrons. The van der Waals surface area contributed by atoms with Crippen molar-refractivity contribution in [2.24, 2.45) is 5.10 Å². The molecule has 0 fully saturated rings. The average Bonchev–Trinajstić information content (AvgIpc) is 2.51. The topological polar surface area (TPSA) is 90.8 Å². The molecule has 0 atom stereocenters. The molecule has 0 aliphatic rings. The van der Waals surface area contributed by atoms with Crippen molar-refractivity contribution in [3.63, 3.8) is 0 Å². The molecule has 2 aromatic carbocycles. The number of hydrogen-bond donors (Lipinski definition) is 3. The maximum Gasteiger partial charge on any atom is 0.329 e. The van der Waals surface area contributed by atoms with Crippen LogP contribution in [0.3, 0.4) is 0 Å². The second-order valence-electron chi connectivity index (χ2n) is 4.66. The monoisotopic (exact) mass is 331 g/mol. The number of rotatable bonds is 3. The highest BCUT2D eigenvalue weighted by Gasteiger charge is 2.14. The Morgan fingerprint density at radius 3 is 2.65 bits per heavy atom. The zero-order chi connectivity index (χ0) is 16.8. The van der Waals surface area contributed by atoms with Crippen LogP contribution in [0.15, 0.2) is 47.6 Å². The highest BCUT2D eigenvalue weighted by Crippen LogP contribution is 2.22. The molecule has 7 heteroatoms. The van der Waals surface area contributed by atoms with Crippen molar-refractivity contribution in [1.29, 1.82) is 0 Å². The quantitative estimate of drug-likeness (QED) is 0.458. The number of carbonyl (C=O) groups excluding carboxylic acids is 2. The van der Waals surface area contributed by atoms with E-state index in [1.54, 1.807) is 37.3 Å². The number of phenols is 1. The van der Waals surface area contributed by atoms with Crippen LogP contribution in [0.1, 0.15) is 11.1 Å². The number of carbonyl (C=O) groups is 2. The summed E-state index contributed by atoms with van der Waals surface area (Å²) in [5, 5.41) is 15.9. The van der Waals surface area contributed by atoms with Crippen molar-refractivity contribution in [1.82, 2.24) is 5.43 Å². The Morgan fingerprint density at radius 1 is 1.17 bits per heavy atom. The third-order valence-electron chi connectivity index (χ3n) is 2.97. The standard InChI is InChI=1S/C16H14ClN3O3/c1-10-13(17)6-3-7-14(10)19-15(22)16(23)20-18-9-11-4-2-5-12(21)8-11/h2-9,21H,1H3,(H,19,22)(H,20,23)/b18-9+. The van der Waals surface area contributed by atoms with Crippen molar-refractivity contribution < 1.29 is 14.7 Å². The molecular formula is C16H14ClN3O3. The Balaban J connectivity index is 1.95. The summed E-state index contributed by atoms with van der Waals surface area (Å²) in [7, 11) is 0. The van der Waals surface area contributed by atoms with E-state index in [2.05, 4.69) is 15.8 Å². The molecule has 0 spiro atoms. The molecule has 23 heavy (non-hydrogen) atoms. The molecule has 0 bridgehead atoms. The normalized spacial score (nSPS) is 10.5. The molecule has 0 saturated heterocycles. The van der Waals surface area contributed by atoms with Crippen LogP contribution in [0.25, 0.3) is 0 Å². The third kappa shape index (κ3) is 4.55. The number of benzene rings is 2. The first-order valence-corrected chi connectivity index (χ1v) is 7.03. The van der Waals surface area contributed by atoms with Gasteiger partial charge in [0.25, 0.3) is 0 Å². The van der Waals surface area contributed by atoms with E-state index in [4.69, 9.17) is 11.6 Å². The number of nitrogens with zero attached hydrogens (tertiary/aromatic N) is 1. The molecule has 2 amide bonds. The lowest BCUT2D eigenvalue weighted by atomic mass is 10.2. The van der Waals surface area contributed by atoms with Gasteiger partial charge in [-0.15, -0.1) is 0 Å². The number of halogens is 1. The first-order chi connectivity index (χ1) is 11.0. The molecule has 3 N–H and O–H groups in total. The minimum Gasteiger partial charge on any atom is -0.508 e. The molecule has 0 aromatic heterocycles. The minimum atomic E-state index is -0.916. The van der Waals surface area contributed by atoms with E-state index >= 15 is 0 Å². The largest absolute Gasteiger partial charge is 0.508 e. The van der Waals surface area contributed by atoms with Crippen LogP contribution in [-0.2, 0) is 9.59 Å². The van der Waals surface area contributed by atoms with Gasteiger partial charge in [-0.05, 0) is 42.3 Å². The van der Waals surface area contributed by atoms with Crippen LogP contribution < -0.4 is 10.7 Å². The molecule has 2 rings (SSSR count). The lowest BCUT2D eigenvalue weighted by Crippen LogP contribution is -2.32. The lowest BCUT2D eigenvalue weighted by Gasteiger charge is -2.08. The Labute approximate surface area is 137 Å². The predicted molar refractivity (Wildman–Crippen MR) is 88.7 cm³/mol. The first-order valence-electron chi connectivity index (χ1n) is 6.66. The van der Waals surface area contributed by atoms with Crippen LogP contribution in [0.5, 0.6) is 5.75 Å². The Kier molecular flexibility index (Phi) is 5.32. The Bertz CT molecular complexity index is 775. The van der Waals surface area contributed by atoms with Gasteiger partial charge in [0.15, 0.2) is 0 Å². The second-order valence-corrected chi connectivity index (χ2v) is 5.07. The van der Waals surface area contributed by atoms with E-state index in [0.717, 1.165) is 0 Å². The molecule has 6 nitrogen and oxygen atoms in total. The summed E-state index contributed by atoms with van der Waals surface area (Å²) >= 11 is 5.95. The van der Waals surface area contributed by atoms with Crippen molar-refractivity contribution in [3.8, 4) is 5.75 Å². The van der Waals surface area contributed by atoms with Gasteiger partial charge in [0.1, 0.15) is 5.75 Å². The maximum atomic E-state index is 11.8. The van der Waals surface area contributed by atoms with E-state index < -0.39 is 11.8 Å². The highest BCUT2D eigenvalue weighted by atomic mass is 35.5. The van der Waals surface area contributed by atoms with Gasteiger partial charge in [0, 0.05) is 10.7 Å². The fourth-order valence-electron chi connectivity index (χ4n) is 1.74. The van der Waals surface area contributed by atoms with Crippen LogP contribution in [-0.4, -0.2) is 23.1 Å². The lowest BCUT2D eigenvalue weighted by molar-refractivity contribution is -0.136.